The number of pyridine rings is 1. The number of anilines is 1. The van der Waals surface area contributed by atoms with Gasteiger partial charge >= 0.3 is 0 Å². The van der Waals surface area contributed by atoms with Gasteiger partial charge < -0.3 is 10.2 Å². The Morgan fingerprint density at radius 1 is 1.50 bits per heavy atom. The Hall–Kier alpha value is -2.09. The molecule has 5 nitrogen and oxygen atoms in total. The van der Waals surface area contributed by atoms with E-state index in [-0.39, 0.29) is 17.4 Å². The molecule has 1 fully saturated rings. The number of aromatic nitrogens is 1. The Bertz CT molecular complexity index is 524. The number of nitrogens with zero attached hydrogens (tertiary/aromatic N) is 3. The lowest BCUT2D eigenvalue weighted by atomic mass is 10.0. The second-order valence-electron chi connectivity index (χ2n) is 6.19. The lowest BCUT2D eigenvalue weighted by molar-refractivity contribution is -0.125. The summed E-state index contributed by atoms with van der Waals surface area (Å²) >= 11 is 0. The van der Waals surface area contributed by atoms with Gasteiger partial charge in [-0.25, -0.2) is 4.98 Å². The highest BCUT2D eigenvalue weighted by Crippen LogP contribution is 2.22. The Balaban J connectivity index is 1.98. The quantitative estimate of drug-likeness (QED) is 0.889. The van der Waals surface area contributed by atoms with E-state index in [1.807, 2.05) is 26.8 Å². The Morgan fingerprint density at radius 2 is 2.25 bits per heavy atom. The zero-order valence-corrected chi connectivity index (χ0v) is 12.2. The van der Waals surface area contributed by atoms with Crippen LogP contribution in [-0.2, 0) is 4.79 Å². The summed E-state index contributed by atoms with van der Waals surface area (Å²) in [5.74, 6) is 0.940. The minimum atomic E-state index is -0.197. The molecule has 5 heteroatoms. The Kier molecular flexibility index (Phi) is 3.93. The largest absolute Gasteiger partial charge is 0.356 e. The minimum Gasteiger partial charge on any atom is -0.356 e. The van der Waals surface area contributed by atoms with Gasteiger partial charge in [0, 0.05) is 24.8 Å². The number of amides is 1. The number of carbonyl (C=O) groups is 1. The van der Waals surface area contributed by atoms with Crippen molar-refractivity contribution < 1.29 is 4.79 Å². The smallest absolute Gasteiger partial charge is 0.225 e. The summed E-state index contributed by atoms with van der Waals surface area (Å²) in [4.78, 5) is 18.5. The molecule has 2 heterocycles. The van der Waals surface area contributed by atoms with Crippen molar-refractivity contribution >= 4 is 11.7 Å². The molecule has 0 spiro atoms. The maximum absolute atomic E-state index is 12.1. The average Bonchev–Trinajstić information content (AvgIpc) is 2.86. The van der Waals surface area contributed by atoms with Crippen molar-refractivity contribution in [3.63, 3.8) is 0 Å². The fourth-order valence-corrected chi connectivity index (χ4v) is 2.29. The van der Waals surface area contributed by atoms with Crippen LogP contribution in [0.15, 0.2) is 18.3 Å². The van der Waals surface area contributed by atoms with Gasteiger partial charge in [0.05, 0.1) is 11.5 Å². The van der Waals surface area contributed by atoms with Crippen LogP contribution in [0.25, 0.3) is 0 Å². The summed E-state index contributed by atoms with van der Waals surface area (Å²) in [6.45, 7) is 7.46. The molecular formula is C15H20N4O. The number of nitrogens with one attached hydrogen (secondary N) is 1. The molecule has 1 aromatic rings. The van der Waals surface area contributed by atoms with E-state index in [2.05, 4.69) is 21.3 Å². The number of nitriles is 1. The summed E-state index contributed by atoms with van der Waals surface area (Å²) in [5.41, 5.74) is 0.354. The van der Waals surface area contributed by atoms with Crippen LogP contribution in [0.4, 0.5) is 5.82 Å². The van der Waals surface area contributed by atoms with E-state index in [9.17, 15) is 4.79 Å². The van der Waals surface area contributed by atoms with E-state index in [1.54, 1.807) is 12.3 Å². The molecule has 1 amide bonds. The van der Waals surface area contributed by atoms with Crippen molar-refractivity contribution in [3.05, 3.63) is 23.9 Å². The van der Waals surface area contributed by atoms with Crippen LogP contribution in [0.3, 0.4) is 0 Å². The third kappa shape index (κ3) is 3.47. The summed E-state index contributed by atoms with van der Waals surface area (Å²) in [7, 11) is 0. The fourth-order valence-electron chi connectivity index (χ4n) is 2.29. The van der Waals surface area contributed by atoms with E-state index in [1.165, 1.54) is 0 Å². The van der Waals surface area contributed by atoms with Crippen LogP contribution < -0.4 is 10.2 Å². The van der Waals surface area contributed by atoms with Crippen molar-refractivity contribution in [2.75, 3.05) is 18.0 Å². The van der Waals surface area contributed by atoms with E-state index < -0.39 is 0 Å². The maximum Gasteiger partial charge on any atom is 0.225 e. The van der Waals surface area contributed by atoms with Crippen LogP contribution in [0, 0.1) is 17.2 Å². The number of hydrogen-bond acceptors (Lipinski definition) is 4. The molecule has 1 N–H and O–H groups in total. The first kappa shape index (κ1) is 14.3. The molecule has 0 radical (unpaired) electrons. The Morgan fingerprint density at radius 3 is 2.80 bits per heavy atom. The molecular weight excluding hydrogens is 252 g/mol. The first-order valence-corrected chi connectivity index (χ1v) is 6.82. The summed E-state index contributed by atoms with van der Waals surface area (Å²) in [6, 6.07) is 5.64. The first-order valence-electron chi connectivity index (χ1n) is 6.82. The van der Waals surface area contributed by atoms with Gasteiger partial charge in [-0.2, -0.15) is 5.26 Å². The highest BCUT2D eigenvalue weighted by molar-refractivity contribution is 5.80. The molecule has 106 valence electrons. The van der Waals surface area contributed by atoms with Crippen LogP contribution in [0.2, 0.25) is 0 Å². The number of rotatable bonds is 2. The van der Waals surface area contributed by atoms with Gasteiger partial charge in [-0.1, -0.05) is 0 Å². The molecule has 1 saturated heterocycles. The van der Waals surface area contributed by atoms with Crippen molar-refractivity contribution in [3.8, 4) is 6.07 Å². The van der Waals surface area contributed by atoms with Crippen LogP contribution >= 0.6 is 0 Å². The van der Waals surface area contributed by atoms with Gasteiger partial charge in [-0.15, -0.1) is 0 Å². The second kappa shape index (κ2) is 5.49. The molecule has 0 aliphatic carbocycles. The van der Waals surface area contributed by atoms with E-state index in [0.717, 1.165) is 18.8 Å². The molecule has 0 aromatic carbocycles. The van der Waals surface area contributed by atoms with Crippen LogP contribution in [-0.4, -0.2) is 29.5 Å². The molecule has 0 bridgehead atoms. The molecule has 1 atom stereocenters. The SMILES string of the molecule is CC(C)(C)NC(=O)C1CCN(c2ccc(C#N)cn2)C1. The predicted molar refractivity (Wildman–Crippen MR) is 77.2 cm³/mol. The number of hydrogen-bond donors (Lipinski definition) is 1. The normalized spacial score (nSPS) is 18.7. The molecule has 1 unspecified atom stereocenters. The van der Waals surface area contributed by atoms with Gasteiger partial charge in [0.2, 0.25) is 5.91 Å². The topological polar surface area (TPSA) is 69.0 Å². The van der Waals surface area contributed by atoms with Gasteiger partial charge in [0.25, 0.3) is 0 Å². The molecule has 1 aromatic heterocycles. The predicted octanol–water partition coefficient (Wildman–Crippen LogP) is 1.69. The molecule has 20 heavy (non-hydrogen) atoms. The Labute approximate surface area is 119 Å². The zero-order chi connectivity index (χ0) is 14.8. The van der Waals surface area contributed by atoms with E-state index in [4.69, 9.17) is 5.26 Å². The second-order valence-corrected chi connectivity index (χ2v) is 6.19. The van der Waals surface area contributed by atoms with Crippen molar-refractivity contribution in [2.24, 2.45) is 5.92 Å². The van der Waals surface area contributed by atoms with Crippen molar-refractivity contribution in [1.82, 2.24) is 10.3 Å². The lowest BCUT2D eigenvalue weighted by Gasteiger charge is -2.23. The molecule has 2 rings (SSSR count). The molecule has 0 saturated carbocycles. The summed E-state index contributed by atoms with van der Waals surface area (Å²) < 4.78 is 0. The molecule has 1 aliphatic heterocycles. The van der Waals surface area contributed by atoms with Crippen LogP contribution in [0.5, 0.6) is 0 Å². The lowest BCUT2D eigenvalue weighted by Crippen LogP contribution is -2.44. The van der Waals surface area contributed by atoms with Crippen molar-refractivity contribution in [2.45, 2.75) is 32.7 Å². The standard InChI is InChI=1S/C15H20N4O/c1-15(2,3)18-14(20)12-6-7-19(10-12)13-5-4-11(8-16)9-17-13/h4-5,9,12H,6-7,10H2,1-3H3,(H,18,20). The average molecular weight is 272 g/mol. The summed E-state index contributed by atoms with van der Waals surface area (Å²) in [6.07, 6.45) is 2.40. The van der Waals surface area contributed by atoms with Crippen molar-refractivity contribution in [1.29, 1.82) is 5.26 Å². The van der Waals surface area contributed by atoms with Gasteiger partial charge in [-0.05, 0) is 39.3 Å². The summed E-state index contributed by atoms with van der Waals surface area (Å²) in [5, 5.41) is 11.8. The number of carbonyl (C=O) groups excluding carboxylic acids is 1. The van der Waals surface area contributed by atoms with Gasteiger partial charge in [0.1, 0.15) is 11.9 Å². The monoisotopic (exact) mass is 272 g/mol. The molecule has 1 aliphatic rings. The van der Waals surface area contributed by atoms with E-state index in [0.29, 0.717) is 12.1 Å². The third-order valence-corrected chi connectivity index (χ3v) is 3.26. The highest BCUT2D eigenvalue weighted by Gasteiger charge is 2.30. The third-order valence-electron chi connectivity index (χ3n) is 3.26. The van der Waals surface area contributed by atoms with Crippen LogP contribution in [0.1, 0.15) is 32.8 Å². The fraction of sp³-hybridized carbons (Fsp3) is 0.533. The zero-order valence-electron chi connectivity index (χ0n) is 12.2. The van der Waals surface area contributed by atoms with Gasteiger partial charge in [0.15, 0.2) is 0 Å². The first-order chi connectivity index (χ1) is 9.39. The highest BCUT2D eigenvalue weighted by atomic mass is 16.2. The minimum absolute atomic E-state index is 0.00617. The van der Waals surface area contributed by atoms with E-state index >= 15 is 0 Å². The maximum atomic E-state index is 12.1. The van der Waals surface area contributed by atoms with Gasteiger partial charge in [-0.3, -0.25) is 4.79 Å².